The SMILES string of the molecule is COC(=O)[C@H](C)OC(=O)c1ccc2cc(C(=O)O[C@@H](C)C(=O)OC)ccc2c1. The van der Waals surface area contributed by atoms with Crippen molar-refractivity contribution < 1.29 is 38.1 Å². The van der Waals surface area contributed by atoms with Crippen LogP contribution in [0.15, 0.2) is 36.4 Å². The third-order valence-corrected chi connectivity index (χ3v) is 3.95. The molecule has 2 aromatic rings. The van der Waals surface area contributed by atoms with Crippen LogP contribution in [-0.4, -0.2) is 50.3 Å². The van der Waals surface area contributed by atoms with Crippen molar-refractivity contribution in [3.8, 4) is 0 Å². The van der Waals surface area contributed by atoms with Gasteiger partial charge in [0.25, 0.3) is 0 Å². The lowest BCUT2D eigenvalue weighted by Gasteiger charge is -2.12. The largest absolute Gasteiger partial charge is 0.466 e. The number of fused-ring (bicyclic) bond motifs is 1. The number of carbonyl (C=O) groups is 4. The quantitative estimate of drug-likeness (QED) is 0.548. The van der Waals surface area contributed by atoms with E-state index in [9.17, 15) is 19.2 Å². The third-order valence-electron chi connectivity index (χ3n) is 3.95. The van der Waals surface area contributed by atoms with Crippen LogP contribution in [0, 0.1) is 0 Å². The molecular formula is C20H20O8. The first-order valence-corrected chi connectivity index (χ1v) is 8.38. The molecular weight excluding hydrogens is 368 g/mol. The van der Waals surface area contributed by atoms with Crippen LogP contribution in [0.25, 0.3) is 10.8 Å². The average molecular weight is 388 g/mol. The fourth-order valence-corrected chi connectivity index (χ4v) is 2.39. The van der Waals surface area contributed by atoms with Crippen molar-refractivity contribution in [1.29, 1.82) is 0 Å². The highest BCUT2D eigenvalue weighted by atomic mass is 16.6. The summed E-state index contributed by atoms with van der Waals surface area (Å²) in [6.45, 7) is 2.83. The van der Waals surface area contributed by atoms with Gasteiger partial charge in [-0.1, -0.05) is 12.1 Å². The summed E-state index contributed by atoms with van der Waals surface area (Å²) < 4.78 is 19.1. The molecule has 0 aliphatic heterocycles. The van der Waals surface area contributed by atoms with Gasteiger partial charge < -0.3 is 18.9 Å². The van der Waals surface area contributed by atoms with E-state index in [0.29, 0.717) is 10.8 Å². The van der Waals surface area contributed by atoms with E-state index in [2.05, 4.69) is 9.47 Å². The standard InChI is InChI=1S/C20H20O8/c1-11(17(21)25-3)27-19(23)15-7-5-14-10-16(8-6-13(14)9-15)20(24)28-12(2)18(22)26-4/h5-12H,1-4H3/t11-,12-/m0/s1. The minimum Gasteiger partial charge on any atom is -0.466 e. The summed E-state index contributed by atoms with van der Waals surface area (Å²) in [5, 5.41) is 1.36. The Bertz CT molecular complexity index is 842. The lowest BCUT2D eigenvalue weighted by molar-refractivity contribution is -0.150. The Morgan fingerprint density at radius 3 is 1.36 bits per heavy atom. The Balaban J connectivity index is 2.17. The van der Waals surface area contributed by atoms with Crippen molar-refractivity contribution in [2.45, 2.75) is 26.1 Å². The maximum Gasteiger partial charge on any atom is 0.346 e. The van der Waals surface area contributed by atoms with Crippen molar-refractivity contribution in [3.05, 3.63) is 47.5 Å². The number of benzene rings is 2. The molecule has 8 nitrogen and oxygen atoms in total. The van der Waals surface area contributed by atoms with E-state index in [1.54, 1.807) is 24.3 Å². The highest BCUT2D eigenvalue weighted by Crippen LogP contribution is 2.20. The Morgan fingerprint density at radius 1 is 0.679 bits per heavy atom. The van der Waals surface area contributed by atoms with E-state index in [1.165, 1.54) is 40.2 Å². The van der Waals surface area contributed by atoms with Crippen LogP contribution in [0.3, 0.4) is 0 Å². The first kappa shape index (κ1) is 20.9. The molecule has 0 aliphatic rings. The van der Waals surface area contributed by atoms with Crippen LogP contribution in [0.2, 0.25) is 0 Å². The third kappa shape index (κ3) is 4.85. The summed E-state index contributed by atoms with van der Waals surface area (Å²) >= 11 is 0. The Labute approximate surface area is 161 Å². The first-order chi connectivity index (χ1) is 13.3. The van der Waals surface area contributed by atoms with Gasteiger partial charge in [-0.2, -0.15) is 0 Å². The second-order valence-electron chi connectivity index (χ2n) is 5.92. The zero-order valence-electron chi connectivity index (χ0n) is 15.9. The van der Waals surface area contributed by atoms with Gasteiger partial charge in [0.2, 0.25) is 0 Å². The highest BCUT2D eigenvalue weighted by Gasteiger charge is 2.21. The van der Waals surface area contributed by atoms with Gasteiger partial charge in [-0.05, 0) is 48.9 Å². The van der Waals surface area contributed by atoms with Crippen LogP contribution in [-0.2, 0) is 28.5 Å². The molecule has 0 radical (unpaired) electrons. The molecule has 2 rings (SSSR count). The van der Waals surface area contributed by atoms with Crippen LogP contribution >= 0.6 is 0 Å². The lowest BCUT2D eigenvalue weighted by Crippen LogP contribution is -2.25. The predicted octanol–water partition coefficient (Wildman–Crippen LogP) is 2.28. The second kappa shape index (κ2) is 8.98. The Hall–Kier alpha value is -3.42. The maximum absolute atomic E-state index is 12.2. The number of hydrogen-bond acceptors (Lipinski definition) is 8. The average Bonchev–Trinajstić information content (AvgIpc) is 2.71. The fraction of sp³-hybridized carbons (Fsp3) is 0.300. The molecule has 0 unspecified atom stereocenters. The molecule has 8 heteroatoms. The number of hydrogen-bond donors (Lipinski definition) is 0. The molecule has 0 N–H and O–H groups in total. The number of esters is 4. The zero-order valence-corrected chi connectivity index (χ0v) is 15.9. The van der Waals surface area contributed by atoms with Crippen molar-refractivity contribution in [2.75, 3.05) is 14.2 Å². The van der Waals surface area contributed by atoms with Gasteiger partial charge in [0.15, 0.2) is 12.2 Å². The maximum atomic E-state index is 12.2. The topological polar surface area (TPSA) is 105 Å². The monoisotopic (exact) mass is 388 g/mol. The van der Waals surface area contributed by atoms with E-state index in [4.69, 9.17) is 9.47 Å². The Morgan fingerprint density at radius 2 is 1.04 bits per heavy atom. The molecule has 0 heterocycles. The van der Waals surface area contributed by atoms with Crippen molar-refractivity contribution in [1.82, 2.24) is 0 Å². The van der Waals surface area contributed by atoms with Crippen molar-refractivity contribution >= 4 is 34.6 Å². The van der Waals surface area contributed by atoms with Gasteiger partial charge in [0.05, 0.1) is 25.3 Å². The Kier molecular flexibility index (Phi) is 6.70. The van der Waals surface area contributed by atoms with Crippen LogP contribution in [0.1, 0.15) is 34.6 Å². The molecule has 0 bridgehead atoms. The number of rotatable bonds is 6. The van der Waals surface area contributed by atoms with E-state index in [1.807, 2.05) is 0 Å². The fourth-order valence-electron chi connectivity index (χ4n) is 2.39. The summed E-state index contributed by atoms with van der Waals surface area (Å²) in [4.78, 5) is 47.0. The molecule has 0 saturated carbocycles. The first-order valence-electron chi connectivity index (χ1n) is 8.38. The van der Waals surface area contributed by atoms with E-state index < -0.39 is 36.1 Å². The van der Waals surface area contributed by atoms with Crippen LogP contribution < -0.4 is 0 Å². The molecule has 2 aromatic carbocycles. The minimum absolute atomic E-state index is 0.248. The number of carbonyl (C=O) groups excluding carboxylic acids is 4. The molecule has 148 valence electrons. The molecule has 0 saturated heterocycles. The van der Waals surface area contributed by atoms with Gasteiger partial charge in [-0.15, -0.1) is 0 Å². The summed E-state index contributed by atoms with van der Waals surface area (Å²) in [5.74, 6) is -2.65. The second-order valence-corrected chi connectivity index (χ2v) is 5.92. The van der Waals surface area contributed by atoms with Gasteiger partial charge in [0.1, 0.15) is 0 Å². The smallest absolute Gasteiger partial charge is 0.346 e. The van der Waals surface area contributed by atoms with Crippen molar-refractivity contribution in [2.24, 2.45) is 0 Å². The minimum atomic E-state index is -1.03. The summed E-state index contributed by atoms with van der Waals surface area (Å²) in [7, 11) is 2.41. The number of methoxy groups -OCH3 is 2. The van der Waals surface area contributed by atoms with Crippen molar-refractivity contribution in [3.63, 3.8) is 0 Å². The normalized spacial score (nSPS) is 12.6. The van der Waals surface area contributed by atoms with Crippen LogP contribution in [0.5, 0.6) is 0 Å². The molecule has 0 aliphatic carbocycles. The van der Waals surface area contributed by atoms with Gasteiger partial charge in [-0.3, -0.25) is 0 Å². The van der Waals surface area contributed by atoms with E-state index >= 15 is 0 Å². The van der Waals surface area contributed by atoms with E-state index in [-0.39, 0.29) is 11.1 Å². The summed E-state index contributed by atoms with van der Waals surface area (Å²) in [6, 6.07) is 9.45. The molecule has 0 fully saturated rings. The van der Waals surface area contributed by atoms with Gasteiger partial charge >= 0.3 is 23.9 Å². The molecule has 2 atom stereocenters. The van der Waals surface area contributed by atoms with Crippen LogP contribution in [0.4, 0.5) is 0 Å². The van der Waals surface area contributed by atoms with Gasteiger partial charge in [0, 0.05) is 0 Å². The zero-order chi connectivity index (χ0) is 20.8. The molecule has 0 spiro atoms. The summed E-state index contributed by atoms with van der Waals surface area (Å²) in [6.07, 6.45) is -2.05. The van der Waals surface area contributed by atoms with E-state index in [0.717, 1.165) is 0 Å². The predicted molar refractivity (Wildman–Crippen MR) is 97.7 cm³/mol. The molecule has 0 amide bonds. The number of ether oxygens (including phenoxy) is 4. The highest BCUT2D eigenvalue weighted by molar-refractivity contribution is 5.99. The molecule has 0 aromatic heterocycles. The summed E-state index contributed by atoms with van der Waals surface area (Å²) in [5.41, 5.74) is 0.496. The van der Waals surface area contributed by atoms with Gasteiger partial charge in [-0.25, -0.2) is 19.2 Å². The lowest BCUT2D eigenvalue weighted by atomic mass is 10.0. The molecule has 28 heavy (non-hydrogen) atoms.